The lowest BCUT2D eigenvalue weighted by Gasteiger charge is -2.26. The maximum absolute atomic E-state index is 12.8. The standard InChI is InChI=1S/C25H31N5O3/c1-26-25(28-15-16-5-9-19(10-6-16)29-12-3-2-4-20(29)31)27-11-13-30-23(32)21-17-7-8-18(14-17)22(21)24(30)33/h5-10,17-18,21-22H,2-4,11-15H2,1H3,(H2,26,27,28). The van der Waals surface area contributed by atoms with Gasteiger partial charge in [0.2, 0.25) is 17.7 Å². The van der Waals surface area contributed by atoms with E-state index < -0.39 is 0 Å². The Kier molecular flexibility index (Phi) is 5.91. The molecule has 8 heteroatoms. The summed E-state index contributed by atoms with van der Waals surface area (Å²) in [5.74, 6) is 0.969. The lowest BCUT2D eigenvalue weighted by atomic mass is 9.85. The van der Waals surface area contributed by atoms with E-state index in [1.807, 2.05) is 29.2 Å². The molecule has 2 bridgehead atoms. The maximum Gasteiger partial charge on any atom is 0.233 e. The first-order valence-corrected chi connectivity index (χ1v) is 11.9. The number of likely N-dealkylation sites (tertiary alicyclic amines) is 1. The van der Waals surface area contributed by atoms with Crippen molar-refractivity contribution < 1.29 is 14.4 Å². The Balaban J connectivity index is 1.09. The minimum absolute atomic E-state index is 0.0149. The average molecular weight is 450 g/mol. The lowest BCUT2D eigenvalue weighted by molar-refractivity contribution is -0.140. The molecule has 4 aliphatic rings. The molecule has 0 aromatic heterocycles. The van der Waals surface area contributed by atoms with Crippen LogP contribution in [-0.4, -0.2) is 55.3 Å². The molecule has 8 nitrogen and oxygen atoms in total. The minimum Gasteiger partial charge on any atom is -0.355 e. The number of guanidine groups is 1. The second kappa shape index (κ2) is 9.00. The number of fused-ring (bicyclic) bond motifs is 5. The first kappa shape index (κ1) is 21.7. The monoisotopic (exact) mass is 449 g/mol. The van der Waals surface area contributed by atoms with E-state index in [1.54, 1.807) is 7.05 Å². The fraction of sp³-hybridized carbons (Fsp3) is 0.520. The number of nitrogens with zero attached hydrogens (tertiary/aromatic N) is 3. The highest BCUT2D eigenvalue weighted by Crippen LogP contribution is 2.52. The zero-order chi connectivity index (χ0) is 22.9. The Morgan fingerprint density at radius 2 is 1.70 bits per heavy atom. The number of amides is 3. The van der Waals surface area contributed by atoms with E-state index in [9.17, 15) is 14.4 Å². The topological polar surface area (TPSA) is 94.1 Å². The van der Waals surface area contributed by atoms with Gasteiger partial charge in [-0.3, -0.25) is 24.3 Å². The van der Waals surface area contributed by atoms with Crippen molar-refractivity contribution in [1.82, 2.24) is 15.5 Å². The molecule has 0 radical (unpaired) electrons. The van der Waals surface area contributed by atoms with Gasteiger partial charge in [-0.2, -0.15) is 0 Å². The van der Waals surface area contributed by atoms with Gasteiger partial charge in [-0.1, -0.05) is 24.3 Å². The van der Waals surface area contributed by atoms with Gasteiger partial charge in [-0.15, -0.1) is 0 Å². The van der Waals surface area contributed by atoms with Crippen LogP contribution in [0, 0.1) is 23.7 Å². The number of piperidine rings is 1. The van der Waals surface area contributed by atoms with Gasteiger partial charge in [0.15, 0.2) is 5.96 Å². The molecule has 2 aliphatic heterocycles. The molecule has 174 valence electrons. The van der Waals surface area contributed by atoms with E-state index in [-0.39, 0.29) is 41.4 Å². The summed E-state index contributed by atoms with van der Waals surface area (Å²) in [6.45, 7) is 2.17. The normalized spacial score (nSPS) is 28.6. The van der Waals surface area contributed by atoms with Crippen LogP contribution in [0.4, 0.5) is 5.69 Å². The first-order valence-electron chi connectivity index (χ1n) is 11.9. The quantitative estimate of drug-likeness (QED) is 0.298. The van der Waals surface area contributed by atoms with Crippen molar-refractivity contribution in [2.24, 2.45) is 28.7 Å². The van der Waals surface area contributed by atoms with Crippen molar-refractivity contribution in [1.29, 1.82) is 0 Å². The SMILES string of the molecule is CN=C(NCCN1C(=O)C2C3C=CC(C3)C2C1=O)NCc1ccc(N2CCCCC2=O)cc1. The number of hydrogen-bond donors (Lipinski definition) is 2. The van der Waals surface area contributed by atoms with E-state index >= 15 is 0 Å². The Labute approximate surface area is 194 Å². The molecule has 4 unspecified atom stereocenters. The van der Waals surface area contributed by atoms with E-state index in [0.717, 1.165) is 37.1 Å². The third kappa shape index (κ3) is 4.03. The second-order valence-electron chi connectivity index (χ2n) is 9.35. The van der Waals surface area contributed by atoms with Crippen LogP contribution in [-0.2, 0) is 20.9 Å². The zero-order valence-corrected chi connectivity index (χ0v) is 19.0. The molecule has 3 amide bonds. The molecule has 5 rings (SSSR count). The van der Waals surface area contributed by atoms with Gasteiger partial charge < -0.3 is 15.5 Å². The number of carbonyl (C=O) groups is 3. The van der Waals surface area contributed by atoms with Gasteiger partial charge in [0.25, 0.3) is 0 Å². The summed E-state index contributed by atoms with van der Waals surface area (Å²) in [7, 11) is 1.69. The van der Waals surface area contributed by atoms with Crippen LogP contribution in [0.3, 0.4) is 0 Å². The summed E-state index contributed by atoms with van der Waals surface area (Å²) < 4.78 is 0. The largest absolute Gasteiger partial charge is 0.355 e. The minimum atomic E-state index is -0.145. The Morgan fingerprint density at radius 3 is 2.33 bits per heavy atom. The van der Waals surface area contributed by atoms with Crippen molar-refractivity contribution in [3.8, 4) is 0 Å². The number of imide groups is 1. The molecule has 3 fully saturated rings. The van der Waals surface area contributed by atoms with Crippen LogP contribution in [0.2, 0.25) is 0 Å². The number of aliphatic imine (C=N–C) groups is 1. The Hall–Kier alpha value is -3.16. The predicted octanol–water partition coefficient (Wildman–Crippen LogP) is 1.68. The van der Waals surface area contributed by atoms with Crippen LogP contribution in [0.25, 0.3) is 0 Å². The molecule has 1 aromatic carbocycles. The number of hydrogen-bond acceptors (Lipinski definition) is 4. The summed E-state index contributed by atoms with van der Waals surface area (Å²) in [5, 5.41) is 6.47. The van der Waals surface area contributed by atoms with Crippen molar-refractivity contribution >= 4 is 29.4 Å². The Bertz CT molecular complexity index is 972. The van der Waals surface area contributed by atoms with Crippen molar-refractivity contribution in [3.63, 3.8) is 0 Å². The maximum atomic E-state index is 12.8. The molecule has 0 spiro atoms. The molecule has 1 aromatic rings. The van der Waals surface area contributed by atoms with Gasteiger partial charge in [-0.05, 0) is 48.8 Å². The van der Waals surface area contributed by atoms with Crippen molar-refractivity contribution in [2.45, 2.75) is 32.2 Å². The molecule has 33 heavy (non-hydrogen) atoms. The molecule has 4 atom stereocenters. The summed E-state index contributed by atoms with van der Waals surface area (Å²) in [6, 6.07) is 8.00. The van der Waals surface area contributed by atoms with Crippen molar-refractivity contribution in [3.05, 3.63) is 42.0 Å². The predicted molar refractivity (Wildman–Crippen MR) is 125 cm³/mol. The van der Waals surface area contributed by atoms with Gasteiger partial charge in [0.05, 0.1) is 11.8 Å². The smallest absolute Gasteiger partial charge is 0.233 e. The summed E-state index contributed by atoms with van der Waals surface area (Å²) in [5.41, 5.74) is 2.02. The Morgan fingerprint density at radius 1 is 1.00 bits per heavy atom. The average Bonchev–Trinajstić information content (AvgIpc) is 3.52. The number of nitrogens with one attached hydrogen (secondary N) is 2. The number of anilines is 1. The third-order valence-corrected chi connectivity index (χ3v) is 7.44. The van der Waals surface area contributed by atoms with Crippen LogP contribution >= 0.6 is 0 Å². The highest BCUT2D eigenvalue weighted by atomic mass is 16.2. The van der Waals surface area contributed by atoms with Gasteiger partial charge in [0, 0.05) is 45.3 Å². The molecule has 1 saturated carbocycles. The first-order chi connectivity index (χ1) is 16.1. The van der Waals surface area contributed by atoms with E-state index in [1.165, 1.54) is 4.90 Å². The fourth-order valence-corrected chi connectivity index (χ4v) is 5.75. The number of carbonyl (C=O) groups excluding carboxylic acids is 3. The van der Waals surface area contributed by atoms with Crippen LogP contribution in [0.1, 0.15) is 31.2 Å². The van der Waals surface area contributed by atoms with Crippen LogP contribution < -0.4 is 15.5 Å². The fourth-order valence-electron chi connectivity index (χ4n) is 5.75. The summed E-state index contributed by atoms with van der Waals surface area (Å²) in [4.78, 5) is 45.2. The number of benzene rings is 1. The highest BCUT2D eigenvalue weighted by molar-refractivity contribution is 6.06. The molecular weight excluding hydrogens is 418 g/mol. The van der Waals surface area contributed by atoms with E-state index in [2.05, 4.69) is 27.8 Å². The zero-order valence-electron chi connectivity index (χ0n) is 19.0. The van der Waals surface area contributed by atoms with Crippen LogP contribution in [0.5, 0.6) is 0 Å². The second-order valence-corrected chi connectivity index (χ2v) is 9.35. The van der Waals surface area contributed by atoms with Gasteiger partial charge in [0.1, 0.15) is 0 Å². The van der Waals surface area contributed by atoms with E-state index in [0.29, 0.717) is 32.0 Å². The molecular formula is C25H31N5O3. The van der Waals surface area contributed by atoms with Crippen molar-refractivity contribution in [2.75, 3.05) is 31.6 Å². The number of rotatable bonds is 6. The molecule has 2 aliphatic carbocycles. The molecule has 2 saturated heterocycles. The third-order valence-electron chi connectivity index (χ3n) is 7.44. The summed E-state index contributed by atoms with van der Waals surface area (Å²) in [6.07, 6.45) is 7.82. The summed E-state index contributed by atoms with van der Waals surface area (Å²) >= 11 is 0. The number of allylic oxidation sites excluding steroid dienone is 2. The highest BCUT2D eigenvalue weighted by Gasteiger charge is 2.58. The molecule has 2 N–H and O–H groups in total. The van der Waals surface area contributed by atoms with E-state index in [4.69, 9.17) is 0 Å². The van der Waals surface area contributed by atoms with Gasteiger partial charge in [-0.25, -0.2) is 0 Å². The van der Waals surface area contributed by atoms with Crippen LogP contribution in [0.15, 0.2) is 41.4 Å². The lowest BCUT2D eigenvalue weighted by Crippen LogP contribution is -2.43. The molecule has 2 heterocycles. The van der Waals surface area contributed by atoms with Gasteiger partial charge >= 0.3 is 0 Å².